The Morgan fingerprint density at radius 3 is 2.80 bits per heavy atom. The second-order valence-corrected chi connectivity index (χ2v) is 4.03. The molecule has 0 aliphatic carbocycles. The van der Waals surface area contributed by atoms with Crippen LogP contribution in [0.4, 0.5) is 0 Å². The van der Waals surface area contributed by atoms with Crippen LogP contribution in [0.2, 0.25) is 5.02 Å². The molecule has 0 heterocycles. The Labute approximate surface area is 95.6 Å². The molecule has 0 bridgehead atoms. The fourth-order valence-electron chi connectivity index (χ4n) is 1.28. The van der Waals surface area contributed by atoms with Crippen molar-refractivity contribution in [3.8, 4) is 0 Å². The number of hydrogen-bond acceptors (Lipinski definition) is 2. The average Bonchev–Trinajstić information content (AvgIpc) is 2.17. The molecule has 0 saturated carbocycles. The summed E-state index contributed by atoms with van der Waals surface area (Å²) in [6, 6.07) is 7.32. The molecule has 3 heteroatoms. The minimum atomic E-state index is -0.571. The van der Waals surface area contributed by atoms with Gasteiger partial charge in [0.05, 0.1) is 6.10 Å². The van der Waals surface area contributed by atoms with E-state index < -0.39 is 6.10 Å². The maximum absolute atomic E-state index is 9.84. The van der Waals surface area contributed by atoms with E-state index in [1.165, 1.54) is 0 Å². The van der Waals surface area contributed by atoms with Gasteiger partial charge in [-0.1, -0.05) is 42.0 Å². The maximum Gasteiger partial charge on any atom is 0.0928 e. The van der Waals surface area contributed by atoms with Gasteiger partial charge in [0.1, 0.15) is 0 Å². The molecule has 0 amide bonds. The predicted molar refractivity (Wildman–Crippen MR) is 64.1 cm³/mol. The van der Waals surface area contributed by atoms with Gasteiger partial charge in [0.2, 0.25) is 0 Å². The van der Waals surface area contributed by atoms with Crippen LogP contribution in [-0.2, 0) is 0 Å². The zero-order valence-electron chi connectivity index (χ0n) is 8.83. The van der Waals surface area contributed by atoms with Gasteiger partial charge in [0.25, 0.3) is 0 Å². The fraction of sp³-hybridized carbons (Fsp3) is 0.333. The van der Waals surface area contributed by atoms with Crippen molar-refractivity contribution in [1.82, 2.24) is 5.32 Å². The van der Waals surface area contributed by atoms with Crippen molar-refractivity contribution in [3.63, 3.8) is 0 Å². The van der Waals surface area contributed by atoms with E-state index in [1.54, 1.807) is 6.07 Å². The van der Waals surface area contributed by atoms with Gasteiger partial charge in [-0.2, -0.15) is 0 Å². The summed E-state index contributed by atoms with van der Waals surface area (Å²) >= 11 is 5.96. The normalized spacial score (nSPS) is 12.5. The lowest BCUT2D eigenvalue weighted by Gasteiger charge is -2.13. The van der Waals surface area contributed by atoms with Gasteiger partial charge in [0.15, 0.2) is 0 Å². The number of halogens is 1. The summed E-state index contributed by atoms with van der Waals surface area (Å²) < 4.78 is 0. The molecule has 82 valence electrons. The molecule has 1 aromatic carbocycles. The van der Waals surface area contributed by atoms with E-state index in [2.05, 4.69) is 11.9 Å². The number of aliphatic hydroxyl groups excluding tert-OH is 1. The predicted octanol–water partition coefficient (Wildman–Crippen LogP) is 2.54. The van der Waals surface area contributed by atoms with E-state index >= 15 is 0 Å². The largest absolute Gasteiger partial charge is 0.387 e. The molecule has 2 nitrogen and oxygen atoms in total. The van der Waals surface area contributed by atoms with Crippen LogP contribution in [0.25, 0.3) is 0 Å². The third kappa shape index (κ3) is 4.04. The van der Waals surface area contributed by atoms with E-state index in [9.17, 15) is 5.11 Å². The first-order chi connectivity index (χ1) is 7.11. The zero-order chi connectivity index (χ0) is 11.3. The van der Waals surface area contributed by atoms with Gasteiger partial charge < -0.3 is 10.4 Å². The lowest BCUT2D eigenvalue weighted by molar-refractivity contribution is 0.176. The minimum absolute atomic E-state index is 0.483. The van der Waals surface area contributed by atoms with Crippen molar-refractivity contribution in [3.05, 3.63) is 47.0 Å². The second-order valence-electron chi connectivity index (χ2n) is 3.63. The molecule has 0 aliphatic rings. The topological polar surface area (TPSA) is 32.3 Å². The fourth-order valence-corrected chi connectivity index (χ4v) is 1.54. The van der Waals surface area contributed by atoms with Crippen LogP contribution in [0.3, 0.4) is 0 Å². The first-order valence-electron chi connectivity index (χ1n) is 4.89. The molecule has 1 atom stereocenters. The van der Waals surface area contributed by atoms with Crippen LogP contribution in [-0.4, -0.2) is 18.2 Å². The summed E-state index contributed by atoms with van der Waals surface area (Å²) in [7, 11) is 0. The average molecular weight is 226 g/mol. The number of nitrogens with one attached hydrogen (secondary N) is 1. The Morgan fingerprint density at radius 2 is 2.20 bits per heavy atom. The van der Waals surface area contributed by atoms with Crippen molar-refractivity contribution >= 4 is 11.6 Å². The first-order valence-corrected chi connectivity index (χ1v) is 5.26. The highest BCUT2D eigenvalue weighted by Crippen LogP contribution is 2.21. The minimum Gasteiger partial charge on any atom is -0.387 e. The Morgan fingerprint density at radius 1 is 1.53 bits per heavy atom. The van der Waals surface area contributed by atoms with E-state index in [-0.39, 0.29) is 0 Å². The van der Waals surface area contributed by atoms with E-state index in [1.807, 2.05) is 25.1 Å². The van der Waals surface area contributed by atoms with Gasteiger partial charge >= 0.3 is 0 Å². The summed E-state index contributed by atoms with van der Waals surface area (Å²) in [5.74, 6) is 0. The molecule has 1 unspecified atom stereocenters. The summed E-state index contributed by atoms with van der Waals surface area (Å²) in [5.41, 5.74) is 1.80. The third-order valence-electron chi connectivity index (χ3n) is 2.03. The quantitative estimate of drug-likeness (QED) is 0.755. The Balaban J connectivity index is 2.50. The van der Waals surface area contributed by atoms with Crippen LogP contribution in [0.5, 0.6) is 0 Å². The molecule has 15 heavy (non-hydrogen) atoms. The number of aliphatic hydroxyl groups is 1. The smallest absolute Gasteiger partial charge is 0.0928 e. The molecular weight excluding hydrogens is 210 g/mol. The van der Waals surface area contributed by atoms with Crippen molar-refractivity contribution < 1.29 is 5.11 Å². The van der Waals surface area contributed by atoms with Crippen LogP contribution < -0.4 is 5.32 Å². The lowest BCUT2D eigenvalue weighted by atomic mass is 10.1. The Kier molecular flexibility index (Phi) is 4.82. The van der Waals surface area contributed by atoms with Crippen molar-refractivity contribution in [2.45, 2.75) is 13.0 Å². The molecule has 0 saturated heterocycles. The second kappa shape index (κ2) is 5.91. The first kappa shape index (κ1) is 12.2. The van der Waals surface area contributed by atoms with E-state index in [4.69, 9.17) is 11.6 Å². The maximum atomic E-state index is 9.84. The van der Waals surface area contributed by atoms with Crippen LogP contribution in [0.1, 0.15) is 18.6 Å². The molecule has 0 aromatic heterocycles. The van der Waals surface area contributed by atoms with E-state index in [0.717, 1.165) is 11.1 Å². The van der Waals surface area contributed by atoms with Crippen molar-refractivity contribution in [2.24, 2.45) is 0 Å². The van der Waals surface area contributed by atoms with E-state index in [0.29, 0.717) is 18.1 Å². The van der Waals surface area contributed by atoms with Gasteiger partial charge in [-0.05, 0) is 13.0 Å². The lowest BCUT2D eigenvalue weighted by Crippen LogP contribution is -2.23. The van der Waals surface area contributed by atoms with Crippen LogP contribution in [0, 0.1) is 0 Å². The highest BCUT2D eigenvalue weighted by Gasteiger charge is 2.09. The van der Waals surface area contributed by atoms with Crippen LogP contribution in [0.15, 0.2) is 36.4 Å². The highest BCUT2D eigenvalue weighted by atomic mass is 35.5. The summed E-state index contributed by atoms with van der Waals surface area (Å²) in [5, 5.41) is 13.5. The summed E-state index contributed by atoms with van der Waals surface area (Å²) in [4.78, 5) is 0. The zero-order valence-corrected chi connectivity index (χ0v) is 9.59. The molecule has 2 N–H and O–H groups in total. The van der Waals surface area contributed by atoms with Crippen LogP contribution >= 0.6 is 11.6 Å². The number of hydrogen-bond donors (Lipinski definition) is 2. The molecule has 0 spiro atoms. The standard InChI is InChI=1S/C12H16ClNO/c1-9(2)7-14-8-12(15)10-5-3-4-6-11(10)13/h3-6,12,14-15H,1,7-8H2,2H3. The Hall–Kier alpha value is -0.830. The summed E-state index contributed by atoms with van der Waals surface area (Å²) in [6.45, 7) is 6.90. The number of rotatable bonds is 5. The monoisotopic (exact) mass is 225 g/mol. The van der Waals surface area contributed by atoms with Gasteiger partial charge in [-0.3, -0.25) is 0 Å². The van der Waals surface area contributed by atoms with Gasteiger partial charge in [-0.15, -0.1) is 0 Å². The molecular formula is C12H16ClNO. The molecule has 0 aliphatic heterocycles. The molecule has 1 rings (SSSR count). The number of benzene rings is 1. The van der Waals surface area contributed by atoms with Crippen molar-refractivity contribution in [2.75, 3.05) is 13.1 Å². The third-order valence-corrected chi connectivity index (χ3v) is 2.37. The van der Waals surface area contributed by atoms with Gasteiger partial charge in [0, 0.05) is 23.7 Å². The van der Waals surface area contributed by atoms with Gasteiger partial charge in [-0.25, -0.2) is 0 Å². The Bertz CT molecular complexity index is 338. The molecule has 0 fully saturated rings. The summed E-state index contributed by atoms with van der Waals surface area (Å²) in [6.07, 6.45) is -0.571. The molecule has 1 aromatic rings. The van der Waals surface area contributed by atoms with Crippen molar-refractivity contribution in [1.29, 1.82) is 0 Å². The highest BCUT2D eigenvalue weighted by molar-refractivity contribution is 6.31. The SMILES string of the molecule is C=C(C)CNCC(O)c1ccccc1Cl. The molecule has 0 radical (unpaired) electrons.